The zero-order valence-electron chi connectivity index (χ0n) is 7.11. The summed E-state index contributed by atoms with van der Waals surface area (Å²) in [6, 6.07) is 0. The summed E-state index contributed by atoms with van der Waals surface area (Å²) in [4.78, 5) is 8.25. The maximum atomic E-state index is 8.25. The quantitative estimate of drug-likeness (QED) is 0.238. The molecule has 87 valence electrons. The number of hydrogen-bond donors (Lipinski definition) is 4. The Morgan fingerprint density at radius 2 is 0.923 bits per heavy atom. The molecule has 0 heterocycles. The molecule has 0 fully saturated rings. The predicted molar refractivity (Wildman–Crippen MR) is 46.6 cm³/mol. The minimum absolute atomic E-state index is 0. The Hall–Kier alpha value is -0.441. The van der Waals surface area contributed by atoms with E-state index < -0.39 is 5.09 Å². The van der Waals surface area contributed by atoms with Crippen molar-refractivity contribution in [1.29, 1.82) is 0 Å². The van der Waals surface area contributed by atoms with Crippen LogP contribution in [0.15, 0.2) is 0 Å². The molecule has 0 saturated carbocycles. The van der Waals surface area contributed by atoms with Crippen LogP contribution in [0.1, 0.15) is 0 Å². The van der Waals surface area contributed by atoms with Crippen LogP contribution in [-0.2, 0) is 17.1 Å². The van der Waals surface area contributed by atoms with Gasteiger partial charge in [0.25, 0.3) is 0 Å². The molecule has 0 unspecified atom stereocenters. The van der Waals surface area contributed by atoms with Crippen molar-refractivity contribution in [2.24, 2.45) is 22.9 Å². The molecule has 0 spiro atoms. The minimum atomic E-state index is -1.75. The van der Waals surface area contributed by atoms with E-state index in [4.69, 9.17) is 38.3 Å². The molecule has 0 saturated heterocycles. The number of hydrogen-bond acceptors (Lipinski definition) is 7. The van der Waals surface area contributed by atoms with Crippen LogP contribution in [0.5, 0.6) is 0 Å². The second kappa shape index (κ2) is 30.0. The molecule has 0 aliphatic rings. The Kier molecular flexibility index (Phi) is 52.8. The number of rotatable bonds is 2. The number of nitrogens with zero attached hydrogens (tertiary/aromatic N) is 1. The molecular weight excluding hydrogens is 230 g/mol. The van der Waals surface area contributed by atoms with Crippen molar-refractivity contribution in [1.82, 2.24) is 0 Å². The molecule has 0 aliphatic carbocycles. The van der Waals surface area contributed by atoms with E-state index in [9.17, 15) is 0 Å². The summed E-state index contributed by atoms with van der Waals surface area (Å²) in [5, 5.41) is 14.8. The van der Waals surface area contributed by atoms with Gasteiger partial charge >= 0.3 is 0 Å². The van der Waals surface area contributed by atoms with Gasteiger partial charge in [-0.15, -0.1) is 0 Å². The summed E-state index contributed by atoms with van der Waals surface area (Å²) in [6.45, 7) is 2.39. The third kappa shape index (κ3) is 434. The van der Waals surface area contributed by atoms with Crippen molar-refractivity contribution < 1.29 is 22.2 Å². The van der Waals surface area contributed by atoms with E-state index in [1.54, 1.807) is 0 Å². The molecule has 0 atom stereocenters. The van der Waals surface area contributed by atoms with Gasteiger partial charge in [0.1, 0.15) is 0 Å². The van der Waals surface area contributed by atoms with Crippen LogP contribution in [0.2, 0.25) is 0 Å². The molecule has 13 heavy (non-hydrogen) atoms. The topological polar surface area (TPSA) is 170 Å². The van der Waals surface area contributed by atoms with Crippen LogP contribution < -0.4 is 22.9 Å². The van der Waals surface area contributed by atoms with Gasteiger partial charge in [-0.1, -0.05) is 0 Å². The van der Waals surface area contributed by atoms with Crippen LogP contribution >= 0.6 is 0 Å². The molecule has 0 bridgehead atoms. The van der Waals surface area contributed by atoms with Crippen molar-refractivity contribution in [2.75, 3.05) is 26.2 Å². The fraction of sp³-hybridized carbons (Fsp3) is 1.00. The monoisotopic (exact) mass is 245 g/mol. The molecule has 0 rings (SSSR count). The largest absolute Gasteiger partial charge is 0.356 e. The fourth-order valence-electron chi connectivity index (χ4n) is 0. The second-order valence-electron chi connectivity index (χ2n) is 1.38. The molecule has 1 radical (unpaired) electrons. The Morgan fingerprint density at radius 1 is 0.846 bits per heavy atom. The molecule has 0 aromatic carbocycles. The summed E-state index contributed by atoms with van der Waals surface area (Å²) >= 11 is 0. The summed E-state index contributed by atoms with van der Waals surface area (Å²) in [7, 11) is 0. The third-order valence-corrected chi connectivity index (χ3v) is 0.333. The summed E-state index contributed by atoms with van der Waals surface area (Å²) in [5.41, 5.74) is 19.6. The Morgan fingerprint density at radius 3 is 0.923 bits per heavy atom. The van der Waals surface area contributed by atoms with E-state index in [0.717, 1.165) is 0 Å². The first-order valence-corrected chi connectivity index (χ1v) is 3.18. The average molecular weight is 246 g/mol. The van der Waals surface area contributed by atoms with E-state index in [1.165, 1.54) is 0 Å². The Balaban J connectivity index is -0.0000000450. The van der Waals surface area contributed by atoms with Crippen molar-refractivity contribution in [3.8, 4) is 0 Å². The maximum Gasteiger partial charge on any atom is 0.0689 e. The van der Waals surface area contributed by atoms with E-state index in [-0.39, 0.29) is 17.1 Å². The van der Waals surface area contributed by atoms with Gasteiger partial charge < -0.3 is 38.3 Å². The second-order valence-corrected chi connectivity index (χ2v) is 1.38. The predicted octanol–water partition coefficient (Wildman–Crippen LogP) is -2.43. The van der Waals surface area contributed by atoms with E-state index >= 15 is 0 Å². The minimum Gasteiger partial charge on any atom is -0.356 e. The number of nitrogens with two attached hydrogens (primary N) is 4. The molecule has 9 heteroatoms. The van der Waals surface area contributed by atoms with Gasteiger partial charge in [-0.05, 0) is 0 Å². The van der Waals surface area contributed by atoms with Gasteiger partial charge in [0, 0.05) is 43.2 Å². The molecule has 0 aromatic rings. The zero-order chi connectivity index (χ0) is 10.4. The van der Waals surface area contributed by atoms with Gasteiger partial charge in [-0.3, -0.25) is 0 Å². The molecule has 0 aliphatic heterocycles. The Labute approximate surface area is 87.2 Å². The molecule has 0 aromatic heterocycles. The summed E-state index contributed by atoms with van der Waals surface area (Å²) < 4.78 is 0. The third-order valence-electron chi connectivity index (χ3n) is 0.333. The standard InChI is InChI=1S/2C2H8N2.Cu.NO3/c2*3-1-2-4;;2-1(3)4/h2*1-4H2;;/q;;;-1. The van der Waals surface area contributed by atoms with E-state index in [0.29, 0.717) is 26.2 Å². The smallest absolute Gasteiger partial charge is 0.0689 e. The van der Waals surface area contributed by atoms with Gasteiger partial charge in [0.2, 0.25) is 0 Å². The Bertz CT molecular complexity index is 74.2. The van der Waals surface area contributed by atoms with Crippen molar-refractivity contribution in [2.45, 2.75) is 0 Å². The van der Waals surface area contributed by atoms with E-state index in [1.807, 2.05) is 0 Å². The van der Waals surface area contributed by atoms with Crippen molar-refractivity contribution >= 4 is 0 Å². The van der Waals surface area contributed by atoms with Crippen molar-refractivity contribution in [3.63, 3.8) is 0 Å². The summed E-state index contributed by atoms with van der Waals surface area (Å²) in [6.07, 6.45) is 0. The first kappa shape index (κ1) is 22.9. The maximum absolute atomic E-state index is 8.25. The van der Waals surface area contributed by atoms with Gasteiger partial charge in [-0.25, -0.2) is 0 Å². The van der Waals surface area contributed by atoms with Crippen LogP contribution in [0.25, 0.3) is 0 Å². The van der Waals surface area contributed by atoms with Gasteiger partial charge in [-0.2, -0.15) is 0 Å². The fourth-order valence-corrected chi connectivity index (χ4v) is 0. The SMILES string of the molecule is NCCN.NCCN.O=[N+]([O-])[O-].[Cu]. The van der Waals surface area contributed by atoms with Crippen molar-refractivity contribution in [3.05, 3.63) is 15.3 Å². The van der Waals surface area contributed by atoms with E-state index in [2.05, 4.69) is 0 Å². The summed E-state index contributed by atoms with van der Waals surface area (Å²) in [5.74, 6) is 0. The first-order valence-electron chi connectivity index (χ1n) is 3.18. The van der Waals surface area contributed by atoms with Crippen LogP contribution in [0, 0.1) is 15.3 Å². The van der Waals surface area contributed by atoms with Crippen LogP contribution in [0.4, 0.5) is 0 Å². The molecule has 8 nitrogen and oxygen atoms in total. The molecule has 8 N–H and O–H groups in total. The van der Waals surface area contributed by atoms with Gasteiger partial charge in [0.15, 0.2) is 0 Å². The molecule has 0 amide bonds. The average Bonchev–Trinajstić information content (AvgIpc) is 2.03. The van der Waals surface area contributed by atoms with Crippen LogP contribution in [0.3, 0.4) is 0 Å². The normalized spacial score (nSPS) is 6.46. The molecular formula is C4H16CuN5O3-. The van der Waals surface area contributed by atoms with Crippen LogP contribution in [-0.4, -0.2) is 31.3 Å². The zero-order valence-corrected chi connectivity index (χ0v) is 8.05. The van der Waals surface area contributed by atoms with Gasteiger partial charge in [0.05, 0.1) is 5.09 Å². The first-order chi connectivity index (χ1) is 5.56.